The highest BCUT2D eigenvalue weighted by atomic mass is 35.5. The molecule has 1 fully saturated rings. The molecule has 7 nitrogen and oxygen atoms in total. The van der Waals surface area contributed by atoms with Crippen LogP contribution in [0.1, 0.15) is 23.3 Å². The normalized spacial score (nSPS) is 16.0. The van der Waals surface area contributed by atoms with E-state index in [1.54, 1.807) is 30.6 Å². The number of likely N-dealkylation sites (N-methyl/N-ethyl adjacent to an activating group) is 1. The van der Waals surface area contributed by atoms with Crippen molar-refractivity contribution in [2.45, 2.75) is 18.9 Å². The van der Waals surface area contributed by atoms with Crippen molar-refractivity contribution in [3.8, 4) is 0 Å². The third kappa shape index (κ3) is 5.57. The molecule has 3 rings (SSSR count). The molecule has 0 radical (unpaired) electrons. The van der Waals surface area contributed by atoms with Gasteiger partial charge in [0.05, 0.1) is 22.7 Å². The predicted octanol–water partition coefficient (Wildman–Crippen LogP) is 3.56. The topological polar surface area (TPSA) is 83.6 Å². The number of benzene rings is 1. The van der Waals surface area contributed by atoms with Crippen LogP contribution in [0.15, 0.2) is 23.6 Å². The van der Waals surface area contributed by atoms with Gasteiger partial charge in [0.15, 0.2) is 5.13 Å². The SMILES string of the molecule is CN(CC(=O)NCC1CCCO1)C(=O)c1csc(Nc2ccc(Cl)c(Cl)c2)n1. The summed E-state index contributed by atoms with van der Waals surface area (Å²) in [5, 5.41) is 8.94. The van der Waals surface area contributed by atoms with Gasteiger partial charge in [-0.05, 0) is 31.0 Å². The predicted molar refractivity (Wildman–Crippen MR) is 111 cm³/mol. The Morgan fingerprint density at radius 3 is 2.89 bits per heavy atom. The Bertz CT molecular complexity index is 855. The molecule has 1 saturated heterocycles. The average molecular weight is 443 g/mol. The number of ether oxygens (including phenoxy) is 1. The molecule has 1 aliphatic rings. The maximum absolute atomic E-state index is 12.5. The Kier molecular flexibility index (Phi) is 7.12. The second-order valence-electron chi connectivity index (χ2n) is 6.39. The second-order valence-corrected chi connectivity index (χ2v) is 8.06. The Labute approximate surface area is 177 Å². The summed E-state index contributed by atoms with van der Waals surface area (Å²) in [7, 11) is 1.57. The largest absolute Gasteiger partial charge is 0.376 e. The number of carbonyl (C=O) groups is 2. The number of rotatable bonds is 7. The highest BCUT2D eigenvalue weighted by Gasteiger charge is 2.20. The lowest BCUT2D eigenvalue weighted by atomic mass is 10.2. The Morgan fingerprint density at radius 1 is 1.36 bits per heavy atom. The van der Waals surface area contributed by atoms with Crippen molar-refractivity contribution < 1.29 is 14.3 Å². The van der Waals surface area contributed by atoms with E-state index in [-0.39, 0.29) is 30.2 Å². The monoisotopic (exact) mass is 442 g/mol. The molecule has 1 unspecified atom stereocenters. The van der Waals surface area contributed by atoms with E-state index in [4.69, 9.17) is 27.9 Å². The van der Waals surface area contributed by atoms with Crippen molar-refractivity contribution in [1.29, 1.82) is 0 Å². The number of nitrogens with one attached hydrogen (secondary N) is 2. The minimum atomic E-state index is -0.328. The number of hydrogen-bond acceptors (Lipinski definition) is 6. The van der Waals surface area contributed by atoms with Crippen LogP contribution >= 0.6 is 34.5 Å². The van der Waals surface area contributed by atoms with Gasteiger partial charge in [-0.3, -0.25) is 9.59 Å². The minimum Gasteiger partial charge on any atom is -0.376 e. The lowest BCUT2D eigenvalue weighted by Gasteiger charge is -2.16. The zero-order chi connectivity index (χ0) is 20.1. The maximum atomic E-state index is 12.5. The standard InChI is InChI=1S/C18H20Cl2N4O3S/c1-24(9-16(25)21-8-12-3-2-6-27-12)17(26)15-10-28-18(23-15)22-11-4-5-13(19)14(20)7-11/h4-5,7,10,12H,2-3,6,8-9H2,1H3,(H,21,25)(H,22,23). The van der Waals surface area contributed by atoms with Gasteiger partial charge in [-0.15, -0.1) is 11.3 Å². The molecule has 0 saturated carbocycles. The molecule has 150 valence electrons. The molecule has 2 N–H and O–H groups in total. The molecule has 1 aromatic heterocycles. The number of amides is 2. The first-order valence-corrected chi connectivity index (χ1v) is 10.4. The van der Waals surface area contributed by atoms with Crippen molar-refractivity contribution in [3.63, 3.8) is 0 Å². The summed E-state index contributed by atoms with van der Waals surface area (Å²) in [4.78, 5) is 30.2. The summed E-state index contributed by atoms with van der Waals surface area (Å²) in [6.45, 7) is 1.16. The Hall–Kier alpha value is -1.87. The van der Waals surface area contributed by atoms with Crippen molar-refractivity contribution >= 4 is 57.2 Å². The first-order valence-electron chi connectivity index (χ1n) is 8.73. The molecule has 2 heterocycles. The number of nitrogens with zero attached hydrogens (tertiary/aromatic N) is 2. The van der Waals surface area contributed by atoms with Crippen molar-refractivity contribution in [3.05, 3.63) is 39.3 Å². The average Bonchev–Trinajstić information content (AvgIpc) is 3.34. The number of halogens is 2. The fourth-order valence-electron chi connectivity index (χ4n) is 2.70. The van der Waals surface area contributed by atoms with Crippen LogP contribution in [0.4, 0.5) is 10.8 Å². The maximum Gasteiger partial charge on any atom is 0.273 e. The van der Waals surface area contributed by atoms with Crippen molar-refractivity contribution in [1.82, 2.24) is 15.2 Å². The van der Waals surface area contributed by atoms with Crippen LogP contribution in [-0.4, -0.2) is 54.5 Å². The highest BCUT2D eigenvalue weighted by Crippen LogP contribution is 2.28. The van der Waals surface area contributed by atoms with E-state index in [2.05, 4.69) is 15.6 Å². The van der Waals surface area contributed by atoms with Crippen LogP contribution in [0.2, 0.25) is 10.0 Å². The second kappa shape index (κ2) is 9.56. The van der Waals surface area contributed by atoms with Crippen LogP contribution in [0.5, 0.6) is 0 Å². The van der Waals surface area contributed by atoms with Crippen molar-refractivity contribution in [2.24, 2.45) is 0 Å². The molecule has 28 heavy (non-hydrogen) atoms. The van der Waals surface area contributed by atoms with Gasteiger partial charge in [0.1, 0.15) is 5.69 Å². The van der Waals surface area contributed by atoms with Crippen molar-refractivity contribution in [2.75, 3.05) is 32.1 Å². The van der Waals surface area contributed by atoms with E-state index < -0.39 is 0 Å². The molecular weight excluding hydrogens is 423 g/mol. The van der Waals surface area contributed by atoms with Gasteiger partial charge in [-0.2, -0.15) is 0 Å². The fourth-order valence-corrected chi connectivity index (χ4v) is 3.70. The van der Waals surface area contributed by atoms with E-state index >= 15 is 0 Å². The van der Waals surface area contributed by atoms with Gasteiger partial charge >= 0.3 is 0 Å². The van der Waals surface area contributed by atoms with Gasteiger partial charge < -0.3 is 20.3 Å². The molecule has 0 spiro atoms. The van der Waals surface area contributed by atoms with Gasteiger partial charge in [0.2, 0.25) is 5.91 Å². The Balaban J connectivity index is 1.52. The molecule has 2 amide bonds. The summed E-state index contributed by atoms with van der Waals surface area (Å²) in [6.07, 6.45) is 2.03. The first-order chi connectivity index (χ1) is 13.4. The third-order valence-corrected chi connectivity index (χ3v) is 5.67. The molecule has 1 atom stereocenters. The highest BCUT2D eigenvalue weighted by molar-refractivity contribution is 7.14. The summed E-state index contributed by atoms with van der Waals surface area (Å²) in [5.41, 5.74) is 0.978. The fraction of sp³-hybridized carbons (Fsp3) is 0.389. The van der Waals surface area contributed by atoms with Crippen LogP contribution in [0.3, 0.4) is 0 Å². The zero-order valence-electron chi connectivity index (χ0n) is 15.2. The van der Waals surface area contributed by atoms with E-state index in [9.17, 15) is 9.59 Å². The summed E-state index contributed by atoms with van der Waals surface area (Å²) >= 11 is 13.2. The molecule has 10 heteroatoms. The van der Waals surface area contributed by atoms with Crippen LogP contribution < -0.4 is 10.6 Å². The van der Waals surface area contributed by atoms with Crippen LogP contribution in [0, 0.1) is 0 Å². The Morgan fingerprint density at radius 2 is 2.18 bits per heavy atom. The van der Waals surface area contributed by atoms with Gasteiger partial charge in [-0.25, -0.2) is 4.98 Å². The van der Waals surface area contributed by atoms with Gasteiger partial charge in [-0.1, -0.05) is 23.2 Å². The van der Waals surface area contributed by atoms with E-state index in [0.717, 1.165) is 19.4 Å². The van der Waals surface area contributed by atoms with E-state index in [1.807, 2.05) is 0 Å². The summed E-state index contributed by atoms with van der Waals surface area (Å²) in [6, 6.07) is 5.12. The molecule has 1 aromatic carbocycles. The molecular formula is C18H20Cl2N4O3S. The molecule has 2 aromatic rings. The van der Waals surface area contributed by atoms with E-state index in [1.165, 1.54) is 16.2 Å². The summed E-state index contributed by atoms with van der Waals surface area (Å²) in [5.74, 6) is -0.554. The lowest BCUT2D eigenvalue weighted by Crippen LogP contribution is -2.41. The van der Waals surface area contributed by atoms with Crippen LogP contribution in [-0.2, 0) is 9.53 Å². The number of aromatic nitrogens is 1. The minimum absolute atomic E-state index is 0.0430. The number of thiazole rings is 1. The number of carbonyl (C=O) groups excluding carboxylic acids is 2. The van der Waals surface area contributed by atoms with Gasteiger partial charge in [0.25, 0.3) is 5.91 Å². The lowest BCUT2D eigenvalue weighted by molar-refractivity contribution is -0.122. The van der Waals surface area contributed by atoms with E-state index in [0.29, 0.717) is 27.4 Å². The van der Waals surface area contributed by atoms with Crippen LogP contribution in [0.25, 0.3) is 0 Å². The molecule has 0 aliphatic carbocycles. The van der Waals surface area contributed by atoms with Gasteiger partial charge in [0, 0.05) is 31.3 Å². The quantitative estimate of drug-likeness (QED) is 0.684. The zero-order valence-corrected chi connectivity index (χ0v) is 17.5. The molecule has 1 aliphatic heterocycles. The summed E-state index contributed by atoms with van der Waals surface area (Å²) < 4.78 is 5.46. The number of hydrogen-bond donors (Lipinski definition) is 2. The third-order valence-electron chi connectivity index (χ3n) is 4.17. The smallest absolute Gasteiger partial charge is 0.273 e. The molecule has 0 bridgehead atoms. The first kappa shape index (κ1) is 20.9. The number of anilines is 2.